The van der Waals surface area contributed by atoms with E-state index in [1.807, 2.05) is 25.8 Å². The monoisotopic (exact) mass is 512 g/mol. The minimum atomic E-state index is -1.07. The number of rotatable bonds is 7. The molecule has 1 unspecified atom stereocenters. The minimum absolute atomic E-state index is 0.0553. The molecule has 2 aromatic rings. The number of hydrogen-bond donors (Lipinski definition) is 3. The van der Waals surface area contributed by atoms with Gasteiger partial charge in [0.25, 0.3) is 5.56 Å². The number of allylic oxidation sites excluding steroid dienone is 3. The summed E-state index contributed by atoms with van der Waals surface area (Å²) in [5, 5.41) is 13.0. The molecule has 0 spiro atoms. The highest BCUT2D eigenvalue weighted by Gasteiger charge is 2.31. The second-order valence-electron chi connectivity index (χ2n) is 7.36. The first-order valence-electron chi connectivity index (χ1n) is 10.7. The summed E-state index contributed by atoms with van der Waals surface area (Å²) in [6.07, 6.45) is 5.31. The first-order valence-corrected chi connectivity index (χ1v) is 11.4. The summed E-state index contributed by atoms with van der Waals surface area (Å²) in [5.74, 6) is -1.15. The van der Waals surface area contributed by atoms with Crippen LogP contribution in [0.4, 0.5) is 10.2 Å². The highest BCUT2D eigenvalue weighted by atomic mass is 35.5. The van der Waals surface area contributed by atoms with E-state index in [1.54, 1.807) is 19.1 Å². The van der Waals surface area contributed by atoms with Crippen molar-refractivity contribution in [1.29, 1.82) is 0 Å². The number of hydrogen-bond acceptors (Lipinski definition) is 6. The summed E-state index contributed by atoms with van der Waals surface area (Å²) in [6.45, 7) is 11.3. The number of nitrogen functional groups attached to an aromatic ring is 1. The Balaban J connectivity index is 0.00000199. The maximum absolute atomic E-state index is 15.0. The smallest absolute Gasteiger partial charge is 0.349 e. The zero-order valence-corrected chi connectivity index (χ0v) is 20.8. The molecule has 184 valence electrons. The average Bonchev–Trinajstić information content (AvgIpc) is 3.65. The van der Waals surface area contributed by atoms with Crippen molar-refractivity contribution in [2.24, 2.45) is 11.8 Å². The number of aliphatic hydroxyl groups excluding tert-OH is 1. The fraction of sp³-hybridized carbons (Fsp3) is 0.348. The van der Waals surface area contributed by atoms with Crippen LogP contribution in [0.1, 0.15) is 40.5 Å². The molecule has 0 bridgehead atoms. The first kappa shape index (κ1) is 27.2. The molecular formula is C23H27Cl2FN4O4. The van der Waals surface area contributed by atoms with Gasteiger partial charge in [0.15, 0.2) is 11.6 Å². The van der Waals surface area contributed by atoms with Crippen LogP contribution >= 0.6 is 23.2 Å². The summed E-state index contributed by atoms with van der Waals surface area (Å²) in [4.78, 5) is 25.4. The van der Waals surface area contributed by atoms with Crippen LogP contribution < -0.4 is 21.7 Å². The molecule has 8 nitrogen and oxygen atoms in total. The van der Waals surface area contributed by atoms with E-state index in [4.69, 9.17) is 33.7 Å². The van der Waals surface area contributed by atoms with Gasteiger partial charge >= 0.3 is 5.69 Å². The van der Waals surface area contributed by atoms with Crippen LogP contribution in [-0.4, -0.2) is 19.9 Å². The molecule has 34 heavy (non-hydrogen) atoms. The van der Waals surface area contributed by atoms with Gasteiger partial charge in [-0.05, 0) is 49.8 Å². The zero-order chi connectivity index (χ0) is 25.7. The molecule has 0 amide bonds. The third kappa shape index (κ3) is 5.90. The number of aromatic amines is 1. The summed E-state index contributed by atoms with van der Waals surface area (Å²) in [6, 6.07) is 1.07. The topological polar surface area (TPSA) is 123 Å². The van der Waals surface area contributed by atoms with Gasteiger partial charge in [-0.15, -0.1) is 5.10 Å². The van der Waals surface area contributed by atoms with Crippen LogP contribution in [0.25, 0.3) is 5.69 Å². The van der Waals surface area contributed by atoms with Gasteiger partial charge in [-0.1, -0.05) is 50.6 Å². The van der Waals surface area contributed by atoms with Gasteiger partial charge in [0.1, 0.15) is 22.2 Å². The van der Waals surface area contributed by atoms with Crippen LogP contribution in [0.2, 0.25) is 10.0 Å². The normalized spacial score (nSPS) is 14.8. The van der Waals surface area contributed by atoms with Crippen molar-refractivity contribution in [1.82, 2.24) is 14.8 Å². The Bertz CT molecular complexity index is 1260. The number of aliphatic hydroxyl groups is 1. The van der Waals surface area contributed by atoms with Crippen molar-refractivity contribution in [3.05, 3.63) is 78.6 Å². The number of nitrogens with two attached hydrogens (primary N) is 1. The summed E-state index contributed by atoms with van der Waals surface area (Å²) < 4.78 is 21.3. The quantitative estimate of drug-likeness (QED) is 0.262. The van der Waals surface area contributed by atoms with E-state index in [0.29, 0.717) is 16.2 Å². The number of aromatic nitrogens is 3. The predicted octanol–water partition coefficient (Wildman–Crippen LogP) is 5.30. The third-order valence-electron chi connectivity index (χ3n) is 5.13. The molecule has 4 N–H and O–H groups in total. The standard InChI is InChI=1S/C21H21Cl2FN4O4.C2H6/c1-4-12(7-13(10(3)29)9(2)11-5-6-11)32-18-14(22)8-15(17(24)16(18)23)28-21(31)26-20(30)19(25)27-28;1-2/h4,7-9,11,29H,3,5-6H2,1-2H3,(H2,25,27)(H,26,30,31);1-2H3/b12-4+,13-7-;. The van der Waals surface area contributed by atoms with Gasteiger partial charge in [-0.25, -0.2) is 9.18 Å². The van der Waals surface area contributed by atoms with Crippen LogP contribution in [-0.2, 0) is 0 Å². The molecular weight excluding hydrogens is 486 g/mol. The largest absolute Gasteiger partial charge is 0.508 e. The minimum Gasteiger partial charge on any atom is -0.508 e. The molecule has 1 aliphatic carbocycles. The Morgan fingerprint density at radius 2 is 2.03 bits per heavy atom. The number of nitrogens with zero attached hydrogens (tertiary/aromatic N) is 2. The van der Waals surface area contributed by atoms with Crippen LogP contribution in [0.3, 0.4) is 0 Å². The number of benzene rings is 1. The van der Waals surface area contributed by atoms with Crippen molar-refractivity contribution in [2.75, 3.05) is 5.73 Å². The molecule has 0 saturated heterocycles. The third-order valence-corrected chi connectivity index (χ3v) is 5.75. The molecule has 1 atom stereocenters. The van der Waals surface area contributed by atoms with Crippen molar-refractivity contribution in [3.63, 3.8) is 0 Å². The maximum atomic E-state index is 15.0. The maximum Gasteiger partial charge on any atom is 0.349 e. The van der Waals surface area contributed by atoms with Crippen LogP contribution in [0.5, 0.6) is 5.75 Å². The van der Waals surface area contributed by atoms with Gasteiger partial charge in [-0.2, -0.15) is 4.68 Å². The van der Waals surface area contributed by atoms with Gasteiger partial charge in [0, 0.05) is 5.57 Å². The molecule has 11 heteroatoms. The number of nitrogens with one attached hydrogen (secondary N) is 1. The lowest BCUT2D eigenvalue weighted by molar-refractivity contribution is 0.397. The van der Waals surface area contributed by atoms with Crippen molar-refractivity contribution in [2.45, 2.75) is 40.5 Å². The Morgan fingerprint density at radius 1 is 1.41 bits per heavy atom. The molecule has 1 aromatic heterocycles. The molecule has 1 aromatic carbocycles. The van der Waals surface area contributed by atoms with Gasteiger partial charge in [0.05, 0.1) is 5.02 Å². The second kappa shape index (κ2) is 11.4. The van der Waals surface area contributed by atoms with Gasteiger partial charge in [-0.3, -0.25) is 9.78 Å². The van der Waals surface area contributed by atoms with Crippen molar-refractivity contribution in [3.8, 4) is 11.4 Å². The van der Waals surface area contributed by atoms with E-state index in [-0.39, 0.29) is 28.2 Å². The molecule has 1 saturated carbocycles. The molecule has 1 fully saturated rings. The SMILES string of the molecule is C=C(O)/C(=C\C(=C/C)Oc1c(Cl)cc(-n2nc(N)c(=O)[nH]c2=O)c(F)c1Cl)C(C)C1CC1.CC. The Morgan fingerprint density at radius 3 is 2.56 bits per heavy atom. The van der Waals surface area contributed by atoms with Gasteiger partial charge < -0.3 is 15.6 Å². The second-order valence-corrected chi connectivity index (χ2v) is 8.14. The first-order chi connectivity index (χ1) is 16.0. The summed E-state index contributed by atoms with van der Waals surface area (Å²) in [7, 11) is 0. The Hall–Kier alpha value is -3.04. The van der Waals surface area contributed by atoms with Crippen LogP contribution in [0.15, 0.2) is 51.5 Å². The fourth-order valence-corrected chi connectivity index (χ4v) is 3.68. The number of halogens is 3. The molecule has 1 heterocycles. The fourth-order valence-electron chi connectivity index (χ4n) is 3.16. The Kier molecular flexibility index (Phi) is 9.12. The lowest BCUT2D eigenvalue weighted by Gasteiger charge is -2.17. The lowest BCUT2D eigenvalue weighted by Crippen LogP contribution is -2.33. The van der Waals surface area contributed by atoms with Crippen molar-refractivity contribution >= 4 is 29.0 Å². The molecule has 3 rings (SSSR count). The van der Waals surface area contributed by atoms with Gasteiger partial charge in [0.2, 0.25) is 5.82 Å². The number of ether oxygens (including phenoxy) is 1. The molecule has 0 aliphatic heterocycles. The number of anilines is 1. The number of H-pyrrole nitrogens is 1. The lowest BCUT2D eigenvalue weighted by atomic mass is 9.94. The predicted molar refractivity (Wildman–Crippen MR) is 132 cm³/mol. The average molecular weight is 513 g/mol. The summed E-state index contributed by atoms with van der Waals surface area (Å²) in [5.41, 5.74) is 3.65. The van der Waals surface area contributed by atoms with E-state index in [2.05, 4.69) is 11.7 Å². The van der Waals surface area contributed by atoms with Crippen LogP contribution in [0, 0.1) is 17.7 Å². The highest BCUT2D eigenvalue weighted by molar-refractivity contribution is 6.37. The summed E-state index contributed by atoms with van der Waals surface area (Å²) >= 11 is 12.4. The van der Waals surface area contributed by atoms with Crippen molar-refractivity contribution < 1.29 is 14.2 Å². The van der Waals surface area contributed by atoms with E-state index < -0.39 is 33.6 Å². The van der Waals surface area contributed by atoms with E-state index in [9.17, 15) is 14.7 Å². The van der Waals surface area contributed by atoms with E-state index in [1.165, 1.54) is 0 Å². The Labute approximate surface area is 206 Å². The van der Waals surface area contributed by atoms with E-state index in [0.717, 1.165) is 18.9 Å². The molecule has 1 aliphatic rings. The molecule has 0 radical (unpaired) electrons. The van der Waals surface area contributed by atoms with E-state index >= 15 is 4.39 Å². The highest BCUT2D eigenvalue weighted by Crippen LogP contribution is 2.43. The zero-order valence-electron chi connectivity index (χ0n) is 19.3.